The van der Waals surface area contributed by atoms with Crippen LogP contribution < -0.4 is 0 Å². The predicted octanol–water partition coefficient (Wildman–Crippen LogP) is 3.01. The Morgan fingerprint density at radius 1 is 0.929 bits per heavy atom. The molecule has 84 valence electrons. The molecule has 0 bridgehead atoms. The summed E-state index contributed by atoms with van der Waals surface area (Å²) < 4.78 is 77.6. The van der Waals surface area contributed by atoms with Crippen molar-refractivity contribution < 1.29 is 26.3 Å². The Morgan fingerprint density at radius 2 is 1.36 bits per heavy atom. The topological polar surface area (TPSA) is 0 Å². The minimum absolute atomic E-state index is 0.257. The van der Waals surface area contributed by atoms with Gasteiger partial charge in [0.05, 0.1) is 5.92 Å². The van der Waals surface area contributed by atoms with E-state index in [0.29, 0.717) is 6.92 Å². The molecular weight excluding hydrogens is 210 g/mol. The van der Waals surface area contributed by atoms with E-state index in [-0.39, 0.29) is 6.92 Å². The van der Waals surface area contributed by atoms with Crippen LogP contribution in [0.15, 0.2) is 0 Å². The molecule has 0 aromatic heterocycles. The van der Waals surface area contributed by atoms with Crippen LogP contribution in [0.5, 0.6) is 0 Å². The van der Waals surface area contributed by atoms with Gasteiger partial charge >= 0.3 is 0 Å². The smallest absolute Gasteiger partial charge is 0.244 e. The molecule has 1 fully saturated rings. The molecule has 0 N–H and O–H groups in total. The minimum atomic E-state index is -4.20. The molecule has 5 atom stereocenters. The maximum Gasteiger partial charge on any atom is 0.289 e. The van der Waals surface area contributed by atoms with Gasteiger partial charge in [-0.15, -0.1) is 0 Å². The normalized spacial score (nSPS) is 53.1. The molecule has 0 radical (unpaired) electrons. The van der Waals surface area contributed by atoms with Gasteiger partial charge in [0.2, 0.25) is 5.67 Å². The molecule has 0 aromatic rings. The van der Waals surface area contributed by atoms with Crippen molar-refractivity contribution in [2.75, 3.05) is 0 Å². The zero-order valence-electron chi connectivity index (χ0n) is 7.58. The van der Waals surface area contributed by atoms with Crippen molar-refractivity contribution in [3.05, 3.63) is 0 Å². The fourth-order valence-corrected chi connectivity index (χ4v) is 1.57. The van der Waals surface area contributed by atoms with E-state index in [1.165, 1.54) is 0 Å². The molecule has 6 heteroatoms. The van der Waals surface area contributed by atoms with Gasteiger partial charge in [0.15, 0.2) is 12.3 Å². The van der Waals surface area contributed by atoms with E-state index in [4.69, 9.17) is 0 Å². The van der Waals surface area contributed by atoms with Gasteiger partial charge in [-0.1, -0.05) is 6.92 Å². The molecule has 1 saturated carbocycles. The zero-order chi connectivity index (χ0) is 11.3. The second-order valence-corrected chi connectivity index (χ2v) is 3.78. The third-order valence-electron chi connectivity index (χ3n) is 2.80. The molecule has 0 saturated heterocycles. The van der Waals surface area contributed by atoms with Crippen molar-refractivity contribution >= 4 is 0 Å². The summed E-state index contributed by atoms with van der Waals surface area (Å²) in [4.78, 5) is 0. The summed E-state index contributed by atoms with van der Waals surface area (Å²) >= 11 is 0. The Bertz CT molecular complexity index is 202. The van der Waals surface area contributed by atoms with Crippen LogP contribution in [0.4, 0.5) is 26.3 Å². The zero-order valence-corrected chi connectivity index (χ0v) is 7.58. The van der Waals surface area contributed by atoms with Gasteiger partial charge in [0, 0.05) is 0 Å². The molecule has 0 spiro atoms. The standard InChI is InChI=1S/C8H10F6/c1-3-4(9)5(10)6(11)7(2,12)8(3,13)14/h3-6H,1-2H3. The molecule has 5 unspecified atom stereocenters. The van der Waals surface area contributed by atoms with E-state index in [0.717, 1.165) is 0 Å². The monoisotopic (exact) mass is 220 g/mol. The first-order valence-electron chi connectivity index (χ1n) is 4.13. The quantitative estimate of drug-likeness (QED) is 0.550. The summed E-state index contributed by atoms with van der Waals surface area (Å²) in [6.45, 7) is 0.924. The van der Waals surface area contributed by atoms with Crippen LogP contribution in [-0.2, 0) is 0 Å². The highest BCUT2D eigenvalue weighted by atomic mass is 19.3. The van der Waals surface area contributed by atoms with Crippen LogP contribution in [0.1, 0.15) is 13.8 Å². The largest absolute Gasteiger partial charge is 0.289 e. The number of halogens is 6. The second-order valence-electron chi connectivity index (χ2n) is 3.78. The minimum Gasteiger partial charge on any atom is -0.244 e. The first kappa shape index (κ1) is 11.7. The van der Waals surface area contributed by atoms with Gasteiger partial charge in [-0.25, -0.2) is 26.3 Å². The Labute approximate surface area is 77.3 Å². The van der Waals surface area contributed by atoms with E-state index in [9.17, 15) is 26.3 Å². The van der Waals surface area contributed by atoms with Crippen LogP contribution in [0.3, 0.4) is 0 Å². The average molecular weight is 220 g/mol. The Kier molecular flexibility index (Phi) is 2.53. The number of rotatable bonds is 0. The summed E-state index contributed by atoms with van der Waals surface area (Å²) in [6.07, 6.45) is -8.65. The molecule has 0 nitrogen and oxygen atoms in total. The van der Waals surface area contributed by atoms with Gasteiger partial charge in [0.1, 0.15) is 6.17 Å². The predicted molar refractivity (Wildman–Crippen MR) is 38.3 cm³/mol. The number of hydrogen-bond acceptors (Lipinski definition) is 0. The first-order chi connectivity index (χ1) is 6.14. The van der Waals surface area contributed by atoms with Crippen molar-refractivity contribution in [3.8, 4) is 0 Å². The van der Waals surface area contributed by atoms with Crippen LogP contribution in [0.25, 0.3) is 0 Å². The van der Waals surface area contributed by atoms with Crippen molar-refractivity contribution in [2.24, 2.45) is 5.92 Å². The Morgan fingerprint density at radius 3 is 1.79 bits per heavy atom. The maximum absolute atomic E-state index is 13.2. The highest BCUT2D eigenvalue weighted by Gasteiger charge is 2.69. The summed E-state index contributed by atoms with van der Waals surface area (Å²) in [6, 6.07) is 0. The highest BCUT2D eigenvalue weighted by molar-refractivity contribution is 5.09. The lowest BCUT2D eigenvalue weighted by Crippen LogP contribution is -2.64. The first-order valence-corrected chi connectivity index (χ1v) is 4.13. The third kappa shape index (κ3) is 1.22. The van der Waals surface area contributed by atoms with E-state index in [1.807, 2.05) is 0 Å². The fourth-order valence-electron chi connectivity index (χ4n) is 1.57. The molecule has 1 aliphatic rings. The second kappa shape index (κ2) is 3.03. The molecule has 0 aliphatic heterocycles. The average Bonchev–Trinajstić information content (AvgIpc) is 2.10. The summed E-state index contributed by atoms with van der Waals surface area (Å²) in [5.74, 6) is -6.37. The van der Waals surface area contributed by atoms with Crippen LogP contribution >= 0.6 is 0 Å². The molecule has 1 aliphatic carbocycles. The molecule has 0 aromatic carbocycles. The highest BCUT2D eigenvalue weighted by Crippen LogP contribution is 2.50. The van der Waals surface area contributed by atoms with Crippen molar-refractivity contribution in [2.45, 2.75) is 44.0 Å². The van der Waals surface area contributed by atoms with Crippen LogP contribution in [-0.4, -0.2) is 30.1 Å². The lowest BCUT2D eigenvalue weighted by molar-refractivity contribution is -0.247. The third-order valence-corrected chi connectivity index (χ3v) is 2.80. The Hall–Kier alpha value is -0.420. The van der Waals surface area contributed by atoms with Crippen molar-refractivity contribution in [1.29, 1.82) is 0 Å². The van der Waals surface area contributed by atoms with Gasteiger partial charge in [0.25, 0.3) is 5.92 Å². The molecular formula is C8H10F6. The van der Waals surface area contributed by atoms with Crippen molar-refractivity contribution in [3.63, 3.8) is 0 Å². The van der Waals surface area contributed by atoms with Gasteiger partial charge < -0.3 is 0 Å². The fraction of sp³-hybridized carbons (Fsp3) is 1.00. The van der Waals surface area contributed by atoms with E-state index in [1.54, 1.807) is 0 Å². The molecule has 0 heterocycles. The molecule has 0 amide bonds. The molecule has 1 rings (SSSR count). The van der Waals surface area contributed by atoms with Gasteiger partial charge in [-0.3, -0.25) is 0 Å². The van der Waals surface area contributed by atoms with Crippen LogP contribution in [0, 0.1) is 5.92 Å². The van der Waals surface area contributed by atoms with E-state index in [2.05, 4.69) is 0 Å². The summed E-state index contributed by atoms with van der Waals surface area (Å²) in [7, 11) is 0. The maximum atomic E-state index is 13.2. The lowest BCUT2D eigenvalue weighted by Gasteiger charge is -2.44. The molecule has 14 heavy (non-hydrogen) atoms. The lowest BCUT2D eigenvalue weighted by atomic mass is 9.74. The van der Waals surface area contributed by atoms with Gasteiger partial charge in [-0.2, -0.15) is 0 Å². The number of alkyl halides is 6. The van der Waals surface area contributed by atoms with Gasteiger partial charge in [-0.05, 0) is 6.92 Å². The summed E-state index contributed by atoms with van der Waals surface area (Å²) in [5, 5.41) is 0. The Balaban J connectivity index is 3.10. The SMILES string of the molecule is CC1C(F)C(F)C(F)C(C)(F)C1(F)F. The van der Waals surface area contributed by atoms with E-state index >= 15 is 0 Å². The summed E-state index contributed by atoms with van der Waals surface area (Å²) in [5.41, 5.74) is -3.66. The van der Waals surface area contributed by atoms with Crippen LogP contribution in [0.2, 0.25) is 0 Å². The number of hydrogen-bond donors (Lipinski definition) is 0. The van der Waals surface area contributed by atoms with E-state index < -0.39 is 36.0 Å². The van der Waals surface area contributed by atoms with Crippen molar-refractivity contribution in [1.82, 2.24) is 0 Å².